The van der Waals surface area contributed by atoms with Crippen LogP contribution in [-0.2, 0) is 6.54 Å². The van der Waals surface area contributed by atoms with Crippen LogP contribution >= 0.6 is 0 Å². The van der Waals surface area contributed by atoms with E-state index in [-0.39, 0.29) is 6.03 Å². The van der Waals surface area contributed by atoms with Crippen molar-refractivity contribution in [3.63, 3.8) is 0 Å². The molecule has 0 bridgehead atoms. The molecular weight excluding hydrogens is 312 g/mol. The molecule has 1 saturated heterocycles. The van der Waals surface area contributed by atoms with Crippen LogP contribution in [0.4, 0.5) is 4.79 Å². The summed E-state index contributed by atoms with van der Waals surface area (Å²) in [6, 6.07) is 10.5. The van der Waals surface area contributed by atoms with Crippen LogP contribution < -0.4 is 5.32 Å². The van der Waals surface area contributed by atoms with Gasteiger partial charge >= 0.3 is 6.03 Å². The molecule has 1 aliphatic rings. The van der Waals surface area contributed by atoms with Gasteiger partial charge in [0, 0.05) is 37.8 Å². The lowest BCUT2D eigenvalue weighted by Crippen LogP contribution is -2.48. The number of rotatable bonds is 5. The van der Waals surface area contributed by atoms with E-state index >= 15 is 0 Å². The van der Waals surface area contributed by atoms with Gasteiger partial charge < -0.3 is 10.2 Å². The molecule has 0 aliphatic carbocycles. The van der Waals surface area contributed by atoms with Crippen molar-refractivity contribution in [1.82, 2.24) is 20.1 Å². The minimum Gasteiger partial charge on any atom is -0.336 e. The van der Waals surface area contributed by atoms with Crippen molar-refractivity contribution in [3.8, 4) is 0 Å². The summed E-state index contributed by atoms with van der Waals surface area (Å²) in [5.74, 6) is 0. The average Bonchev–Trinajstić information content (AvgIpc) is 2.66. The first-order valence-electron chi connectivity index (χ1n) is 9.24. The SMILES string of the molecule is CCN1CCCC[C@@H]1CNC(=O)N(C)Cc1cccc2cccnc12. The Morgan fingerprint density at radius 3 is 3.00 bits per heavy atom. The van der Waals surface area contributed by atoms with Crippen molar-refractivity contribution < 1.29 is 4.79 Å². The maximum atomic E-state index is 12.5. The number of hydrogen-bond acceptors (Lipinski definition) is 3. The Bertz CT molecular complexity index is 712. The van der Waals surface area contributed by atoms with Crippen LogP contribution in [0.1, 0.15) is 31.7 Å². The number of fused-ring (bicyclic) bond motifs is 1. The standard InChI is InChI=1S/C20H28N4O/c1-3-24-13-5-4-11-18(24)14-22-20(25)23(2)15-17-9-6-8-16-10-7-12-21-19(16)17/h6-10,12,18H,3-5,11,13-15H2,1-2H3,(H,22,25)/t18-/m1/s1. The van der Waals surface area contributed by atoms with Gasteiger partial charge in [-0.3, -0.25) is 9.88 Å². The second kappa shape index (κ2) is 8.30. The summed E-state index contributed by atoms with van der Waals surface area (Å²) in [6.07, 6.45) is 5.50. The lowest BCUT2D eigenvalue weighted by molar-refractivity contribution is 0.149. The van der Waals surface area contributed by atoms with Crippen LogP contribution in [0.3, 0.4) is 0 Å². The molecule has 2 heterocycles. The van der Waals surface area contributed by atoms with Crippen LogP contribution in [0.5, 0.6) is 0 Å². The van der Waals surface area contributed by atoms with Gasteiger partial charge in [0.15, 0.2) is 0 Å². The fourth-order valence-electron chi connectivity index (χ4n) is 3.67. The van der Waals surface area contributed by atoms with Crippen LogP contribution in [0.25, 0.3) is 10.9 Å². The summed E-state index contributed by atoms with van der Waals surface area (Å²) in [7, 11) is 1.84. The van der Waals surface area contributed by atoms with Gasteiger partial charge in [-0.05, 0) is 37.6 Å². The maximum absolute atomic E-state index is 12.5. The van der Waals surface area contributed by atoms with E-state index in [0.717, 1.165) is 36.1 Å². The van der Waals surface area contributed by atoms with E-state index in [1.54, 1.807) is 11.1 Å². The van der Waals surface area contributed by atoms with Crippen molar-refractivity contribution in [2.45, 2.75) is 38.8 Å². The number of carbonyl (C=O) groups is 1. The second-order valence-corrected chi connectivity index (χ2v) is 6.81. The van der Waals surface area contributed by atoms with Gasteiger partial charge in [0.1, 0.15) is 0 Å². The van der Waals surface area contributed by atoms with Crippen molar-refractivity contribution in [2.75, 3.05) is 26.7 Å². The van der Waals surface area contributed by atoms with E-state index in [1.807, 2.05) is 37.4 Å². The highest BCUT2D eigenvalue weighted by molar-refractivity contribution is 5.82. The predicted molar refractivity (Wildman–Crippen MR) is 101 cm³/mol. The highest BCUT2D eigenvalue weighted by Gasteiger charge is 2.22. The number of piperidine rings is 1. The Kier molecular flexibility index (Phi) is 5.87. The average molecular weight is 340 g/mol. The predicted octanol–water partition coefficient (Wildman–Crippen LogP) is 3.25. The molecule has 5 heteroatoms. The van der Waals surface area contributed by atoms with E-state index in [0.29, 0.717) is 12.6 Å². The smallest absolute Gasteiger partial charge is 0.317 e. The molecule has 0 unspecified atom stereocenters. The number of benzene rings is 1. The zero-order valence-corrected chi connectivity index (χ0v) is 15.2. The number of amides is 2. The second-order valence-electron chi connectivity index (χ2n) is 6.81. The third kappa shape index (κ3) is 4.28. The molecule has 0 spiro atoms. The minimum atomic E-state index is -0.0189. The third-order valence-electron chi connectivity index (χ3n) is 5.11. The van der Waals surface area contributed by atoms with Crippen LogP contribution in [0.2, 0.25) is 0 Å². The van der Waals surface area contributed by atoms with Gasteiger partial charge in [-0.1, -0.05) is 37.6 Å². The van der Waals surface area contributed by atoms with E-state index in [1.165, 1.54) is 19.3 Å². The molecule has 0 radical (unpaired) electrons. The number of nitrogens with one attached hydrogen (secondary N) is 1. The number of pyridine rings is 1. The van der Waals surface area contributed by atoms with E-state index in [9.17, 15) is 4.79 Å². The first-order chi connectivity index (χ1) is 12.2. The van der Waals surface area contributed by atoms with Crippen LogP contribution in [0, 0.1) is 0 Å². The van der Waals surface area contributed by atoms with Gasteiger partial charge in [-0.15, -0.1) is 0 Å². The molecule has 2 aromatic rings. The number of hydrogen-bond donors (Lipinski definition) is 1. The van der Waals surface area contributed by atoms with Crippen LogP contribution in [-0.4, -0.2) is 53.5 Å². The largest absolute Gasteiger partial charge is 0.336 e. The first-order valence-corrected chi connectivity index (χ1v) is 9.24. The fourth-order valence-corrected chi connectivity index (χ4v) is 3.67. The van der Waals surface area contributed by atoms with Crippen molar-refractivity contribution in [1.29, 1.82) is 0 Å². The molecule has 25 heavy (non-hydrogen) atoms. The quantitative estimate of drug-likeness (QED) is 0.909. The molecule has 5 nitrogen and oxygen atoms in total. The maximum Gasteiger partial charge on any atom is 0.317 e. The van der Waals surface area contributed by atoms with Gasteiger partial charge in [-0.2, -0.15) is 0 Å². The Hall–Kier alpha value is -2.14. The number of likely N-dealkylation sites (N-methyl/N-ethyl adjacent to an activating group) is 1. The topological polar surface area (TPSA) is 48.5 Å². The normalized spacial score (nSPS) is 18.2. The van der Waals surface area contributed by atoms with Gasteiger partial charge in [0.2, 0.25) is 0 Å². The minimum absolute atomic E-state index is 0.0189. The molecule has 134 valence electrons. The summed E-state index contributed by atoms with van der Waals surface area (Å²) in [5.41, 5.74) is 2.04. The van der Waals surface area contributed by atoms with E-state index in [2.05, 4.69) is 22.1 Å². The first kappa shape index (κ1) is 17.7. The molecule has 1 aromatic heterocycles. The Morgan fingerprint density at radius 1 is 1.32 bits per heavy atom. The van der Waals surface area contributed by atoms with Gasteiger partial charge in [-0.25, -0.2) is 4.79 Å². The number of nitrogens with zero attached hydrogens (tertiary/aromatic N) is 3. The molecule has 1 atom stereocenters. The molecule has 1 aliphatic heterocycles. The Balaban J connectivity index is 1.59. The molecular formula is C20H28N4O. The highest BCUT2D eigenvalue weighted by Crippen LogP contribution is 2.18. The van der Waals surface area contributed by atoms with Crippen LogP contribution in [0.15, 0.2) is 36.5 Å². The van der Waals surface area contributed by atoms with Crippen molar-refractivity contribution in [3.05, 3.63) is 42.1 Å². The van der Waals surface area contributed by atoms with Gasteiger partial charge in [0.05, 0.1) is 5.52 Å². The lowest BCUT2D eigenvalue weighted by Gasteiger charge is -2.35. The van der Waals surface area contributed by atoms with E-state index < -0.39 is 0 Å². The zero-order valence-electron chi connectivity index (χ0n) is 15.2. The number of likely N-dealkylation sites (tertiary alicyclic amines) is 1. The number of urea groups is 1. The molecule has 1 aromatic carbocycles. The Labute approximate surface area is 150 Å². The van der Waals surface area contributed by atoms with Crippen molar-refractivity contribution >= 4 is 16.9 Å². The number of carbonyl (C=O) groups excluding carboxylic acids is 1. The summed E-state index contributed by atoms with van der Waals surface area (Å²) in [4.78, 5) is 21.2. The zero-order chi connectivity index (χ0) is 17.6. The molecule has 1 fully saturated rings. The Morgan fingerprint density at radius 2 is 2.16 bits per heavy atom. The van der Waals surface area contributed by atoms with Gasteiger partial charge in [0.25, 0.3) is 0 Å². The fraction of sp³-hybridized carbons (Fsp3) is 0.500. The summed E-state index contributed by atoms with van der Waals surface area (Å²) >= 11 is 0. The summed E-state index contributed by atoms with van der Waals surface area (Å²) in [5, 5.41) is 4.22. The third-order valence-corrected chi connectivity index (χ3v) is 5.11. The summed E-state index contributed by atoms with van der Waals surface area (Å²) < 4.78 is 0. The molecule has 0 saturated carbocycles. The van der Waals surface area contributed by atoms with Crippen molar-refractivity contribution in [2.24, 2.45) is 0 Å². The number of para-hydroxylation sites is 1. The molecule has 2 amide bonds. The molecule has 1 N–H and O–H groups in total. The summed E-state index contributed by atoms with van der Waals surface area (Å²) in [6.45, 7) is 5.68. The monoisotopic (exact) mass is 340 g/mol. The molecule has 3 rings (SSSR count). The number of aromatic nitrogens is 1. The highest BCUT2D eigenvalue weighted by atomic mass is 16.2. The van der Waals surface area contributed by atoms with E-state index in [4.69, 9.17) is 0 Å². The lowest BCUT2D eigenvalue weighted by atomic mass is 10.0.